The Balaban J connectivity index is 1.91. The molecule has 3 nitrogen and oxygen atoms in total. The van der Waals surface area contributed by atoms with E-state index in [1.165, 1.54) is 23.2 Å². The van der Waals surface area contributed by atoms with Crippen molar-refractivity contribution in [3.05, 3.63) is 60.0 Å². The minimum absolute atomic E-state index is 1.02. The van der Waals surface area contributed by atoms with E-state index >= 15 is 0 Å². The summed E-state index contributed by atoms with van der Waals surface area (Å²) in [5.41, 5.74) is 6.18. The van der Waals surface area contributed by atoms with Crippen LogP contribution < -0.4 is 4.90 Å². The third kappa shape index (κ3) is 2.05. The van der Waals surface area contributed by atoms with Crippen LogP contribution in [0.4, 0.5) is 11.4 Å². The van der Waals surface area contributed by atoms with Crippen LogP contribution in [0.25, 0.3) is 10.9 Å². The monoisotopic (exact) mass is 275 g/mol. The number of nitrogens with zero attached hydrogens (tertiary/aromatic N) is 3. The van der Waals surface area contributed by atoms with Crippen molar-refractivity contribution in [1.29, 1.82) is 0 Å². The zero-order valence-electron chi connectivity index (χ0n) is 12.1. The maximum atomic E-state index is 4.57. The van der Waals surface area contributed by atoms with Gasteiger partial charge in [0, 0.05) is 30.0 Å². The molecule has 0 radical (unpaired) electrons. The first-order chi connectivity index (χ1) is 10.3. The van der Waals surface area contributed by atoms with Crippen LogP contribution in [-0.2, 0) is 6.42 Å². The van der Waals surface area contributed by atoms with E-state index in [1.54, 1.807) is 0 Å². The molecule has 21 heavy (non-hydrogen) atoms. The van der Waals surface area contributed by atoms with Crippen molar-refractivity contribution in [2.75, 3.05) is 11.4 Å². The van der Waals surface area contributed by atoms with Gasteiger partial charge in [-0.15, -0.1) is 0 Å². The van der Waals surface area contributed by atoms with Crippen molar-refractivity contribution in [2.24, 2.45) is 0 Å². The van der Waals surface area contributed by atoms with Gasteiger partial charge in [0.05, 0.1) is 17.4 Å². The highest BCUT2D eigenvalue weighted by Crippen LogP contribution is 2.36. The second-order valence-corrected chi connectivity index (χ2v) is 5.62. The van der Waals surface area contributed by atoms with Gasteiger partial charge in [-0.1, -0.05) is 17.7 Å². The summed E-state index contributed by atoms with van der Waals surface area (Å²) in [5, 5.41) is 1.09. The molecule has 0 N–H and O–H groups in total. The van der Waals surface area contributed by atoms with Crippen molar-refractivity contribution in [3.63, 3.8) is 0 Å². The summed E-state index contributed by atoms with van der Waals surface area (Å²) < 4.78 is 0. The van der Waals surface area contributed by atoms with Gasteiger partial charge < -0.3 is 4.90 Å². The molecule has 0 fully saturated rings. The minimum atomic E-state index is 1.02. The highest BCUT2D eigenvalue weighted by Gasteiger charge is 2.20. The van der Waals surface area contributed by atoms with Gasteiger partial charge in [-0.25, -0.2) is 0 Å². The van der Waals surface area contributed by atoms with Crippen LogP contribution in [0.15, 0.2) is 48.9 Å². The molecule has 4 rings (SSSR count). The average molecular weight is 275 g/mol. The lowest BCUT2D eigenvalue weighted by Crippen LogP contribution is -2.25. The summed E-state index contributed by atoms with van der Waals surface area (Å²) in [7, 11) is 0. The molecule has 3 aromatic rings. The highest BCUT2D eigenvalue weighted by atomic mass is 15.2. The fourth-order valence-corrected chi connectivity index (χ4v) is 3.16. The first-order valence-corrected chi connectivity index (χ1v) is 7.39. The third-order valence-electron chi connectivity index (χ3n) is 4.14. The van der Waals surface area contributed by atoms with Crippen LogP contribution in [-0.4, -0.2) is 16.5 Å². The van der Waals surface area contributed by atoms with E-state index in [4.69, 9.17) is 0 Å². The Hall–Kier alpha value is -2.42. The lowest BCUT2D eigenvalue weighted by molar-refractivity contribution is 0.766. The molecule has 3 heteroatoms. The van der Waals surface area contributed by atoms with Crippen LogP contribution in [0.3, 0.4) is 0 Å². The van der Waals surface area contributed by atoms with Gasteiger partial charge in [0.25, 0.3) is 0 Å². The molecular formula is C18H17N3. The number of hydrogen-bond acceptors (Lipinski definition) is 3. The molecule has 0 amide bonds. The number of fused-ring (bicyclic) bond motifs is 2. The maximum absolute atomic E-state index is 4.57. The average Bonchev–Trinajstić information content (AvgIpc) is 2.53. The Morgan fingerprint density at radius 2 is 2.05 bits per heavy atom. The Morgan fingerprint density at radius 1 is 1.10 bits per heavy atom. The molecule has 0 saturated heterocycles. The van der Waals surface area contributed by atoms with E-state index < -0.39 is 0 Å². The number of aryl methyl sites for hydroxylation is 2. The van der Waals surface area contributed by atoms with E-state index in [0.29, 0.717) is 0 Å². The summed E-state index contributed by atoms with van der Waals surface area (Å²) in [4.78, 5) is 11.3. The van der Waals surface area contributed by atoms with Gasteiger partial charge in [-0.05, 0) is 43.5 Å². The van der Waals surface area contributed by atoms with Crippen molar-refractivity contribution >= 4 is 22.3 Å². The Kier molecular flexibility index (Phi) is 2.85. The summed E-state index contributed by atoms with van der Waals surface area (Å²) in [6.07, 6.45) is 7.99. The number of anilines is 2. The van der Waals surface area contributed by atoms with Crippen LogP contribution in [0.2, 0.25) is 0 Å². The van der Waals surface area contributed by atoms with Gasteiger partial charge in [0.2, 0.25) is 0 Å². The largest absolute Gasteiger partial charge is 0.338 e. The molecule has 104 valence electrons. The molecule has 0 saturated carbocycles. The highest BCUT2D eigenvalue weighted by molar-refractivity contribution is 5.92. The van der Waals surface area contributed by atoms with Crippen LogP contribution >= 0.6 is 0 Å². The quantitative estimate of drug-likeness (QED) is 0.671. The van der Waals surface area contributed by atoms with Crippen LogP contribution in [0.1, 0.15) is 17.5 Å². The maximum Gasteiger partial charge on any atom is 0.0970 e. The molecule has 0 unspecified atom stereocenters. The number of benzene rings is 1. The normalized spacial score (nSPS) is 14.2. The first kappa shape index (κ1) is 12.3. The Labute approximate surface area is 124 Å². The summed E-state index contributed by atoms with van der Waals surface area (Å²) in [6.45, 7) is 3.17. The number of rotatable bonds is 1. The van der Waals surface area contributed by atoms with Gasteiger partial charge in [0.1, 0.15) is 0 Å². The molecule has 0 bridgehead atoms. The molecule has 0 spiro atoms. The predicted octanol–water partition coefficient (Wildman–Crippen LogP) is 4.02. The lowest BCUT2D eigenvalue weighted by Gasteiger charge is -2.31. The fourth-order valence-electron chi connectivity index (χ4n) is 3.16. The molecule has 1 aliphatic heterocycles. The fraction of sp³-hybridized carbons (Fsp3) is 0.222. The van der Waals surface area contributed by atoms with Gasteiger partial charge >= 0.3 is 0 Å². The van der Waals surface area contributed by atoms with E-state index in [2.05, 4.69) is 46.1 Å². The molecule has 1 aliphatic rings. The molecular weight excluding hydrogens is 258 g/mol. The number of hydrogen-bond donors (Lipinski definition) is 0. The molecule has 0 aliphatic carbocycles. The van der Waals surface area contributed by atoms with Gasteiger partial charge in [-0.2, -0.15) is 0 Å². The van der Waals surface area contributed by atoms with E-state index in [1.807, 2.05) is 24.7 Å². The summed E-state index contributed by atoms with van der Waals surface area (Å²) >= 11 is 0. The first-order valence-electron chi connectivity index (χ1n) is 7.39. The molecule has 3 heterocycles. The van der Waals surface area contributed by atoms with E-state index in [-0.39, 0.29) is 0 Å². The number of aromatic nitrogens is 2. The SMILES string of the molecule is Cc1ccc2c(c1)CCCN2c1cncc2cccnc12. The Morgan fingerprint density at radius 3 is 3.00 bits per heavy atom. The topological polar surface area (TPSA) is 29.0 Å². The predicted molar refractivity (Wildman–Crippen MR) is 86.0 cm³/mol. The van der Waals surface area contributed by atoms with Gasteiger partial charge in [0.15, 0.2) is 0 Å². The van der Waals surface area contributed by atoms with Crippen LogP contribution in [0, 0.1) is 6.92 Å². The second kappa shape index (κ2) is 4.85. The van der Waals surface area contributed by atoms with E-state index in [0.717, 1.165) is 29.6 Å². The molecule has 1 aromatic carbocycles. The Bertz CT molecular complexity index is 805. The number of pyridine rings is 2. The van der Waals surface area contributed by atoms with Crippen molar-refractivity contribution < 1.29 is 0 Å². The van der Waals surface area contributed by atoms with Crippen molar-refractivity contribution in [3.8, 4) is 0 Å². The van der Waals surface area contributed by atoms with E-state index in [9.17, 15) is 0 Å². The zero-order valence-corrected chi connectivity index (χ0v) is 12.1. The van der Waals surface area contributed by atoms with Crippen LogP contribution in [0.5, 0.6) is 0 Å². The van der Waals surface area contributed by atoms with Crippen molar-refractivity contribution in [2.45, 2.75) is 19.8 Å². The van der Waals surface area contributed by atoms with Gasteiger partial charge in [-0.3, -0.25) is 9.97 Å². The third-order valence-corrected chi connectivity index (χ3v) is 4.14. The smallest absolute Gasteiger partial charge is 0.0970 e. The minimum Gasteiger partial charge on any atom is -0.338 e. The zero-order chi connectivity index (χ0) is 14.2. The summed E-state index contributed by atoms with van der Waals surface area (Å²) in [6, 6.07) is 10.7. The second-order valence-electron chi connectivity index (χ2n) is 5.62. The molecule has 2 aromatic heterocycles. The van der Waals surface area contributed by atoms with Crippen molar-refractivity contribution in [1.82, 2.24) is 9.97 Å². The summed E-state index contributed by atoms with van der Waals surface area (Å²) in [5.74, 6) is 0. The molecule has 0 atom stereocenters. The standard InChI is InChI=1S/C18H17N3/c1-13-6-7-16-14(10-13)5-3-9-21(16)17-12-19-11-15-4-2-8-20-18(15)17/h2,4,6-8,10-12H,3,5,9H2,1H3. The lowest BCUT2D eigenvalue weighted by atomic mass is 9.99.